The first-order valence-electron chi connectivity index (χ1n) is 6.36. The van der Waals surface area contributed by atoms with Gasteiger partial charge in [-0.1, -0.05) is 0 Å². The molecule has 20 heavy (non-hydrogen) atoms. The SMILES string of the molecule is OPCN1CCN(CP(O)O)CCN(CP(O)O)CC1. The summed E-state index contributed by atoms with van der Waals surface area (Å²) in [6, 6.07) is 0. The van der Waals surface area contributed by atoms with Crippen molar-refractivity contribution in [3.63, 3.8) is 0 Å². The fourth-order valence-corrected chi connectivity index (χ4v) is 3.88. The van der Waals surface area contributed by atoms with Crippen molar-refractivity contribution in [1.82, 2.24) is 14.7 Å². The zero-order chi connectivity index (χ0) is 15.0. The van der Waals surface area contributed by atoms with Gasteiger partial charge in [0.2, 0.25) is 0 Å². The zero-order valence-corrected chi connectivity index (χ0v) is 14.1. The molecule has 11 heteroatoms. The summed E-state index contributed by atoms with van der Waals surface area (Å²) in [5.41, 5.74) is 0. The molecule has 1 fully saturated rings. The minimum absolute atomic E-state index is 0.143. The summed E-state index contributed by atoms with van der Waals surface area (Å²) in [5, 5.41) is 0. The maximum Gasteiger partial charge on any atom is 0.180 e. The summed E-state index contributed by atoms with van der Waals surface area (Å²) >= 11 is 0. The largest absolute Gasteiger partial charge is 0.376 e. The number of hydrogen-bond donors (Lipinski definition) is 5. The molecule has 0 bridgehead atoms. The van der Waals surface area contributed by atoms with Crippen molar-refractivity contribution in [2.45, 2.75) is 0 Å². The molecular weight excluding hydrogens is 323 g/mol. The van der Waals surface area contributed by atoms with Gasteiger partial charge in [-0.15, -0.1) is 0 Å². The van der Waals surface area contributed by atoms with E-state index in [0.717, 1.165) is 13.1 Å². The molecule has 8 nitrogen and oxygen atoms in total. The Morgan fingerprint density at radius 2 is 1.05 bits per heavy atom. The minimum Gasteiger partial charge on any atom is -0.376 e. The lowest BCUT2D eigenvalue weighted by Crippen LogP contribution is -2.36. The Morgan fingerprint density at radius 1 is 0.700 bits per heavy atom. The van der Waals surface area contributed by atoms with E-state index in [1.165, 1.54) is 0 Å². The second kappa shape index (κ2) is 10.7. The topological polar surface area (TPSA) is 111 Å². The van der Waals surface area contributed by atoms with Crippen LogP contribution in [-0.2, 0) is 0 Å². The lowest BCUT2D eigenvalue weighted by atomic mass is 10.5. The van der Waals surface area contributed by atoms with Crippen LogP contribution in [0.2, 0.25) is 0 Å². The predicted octanol–water partition coefficient (Wildman–Crippen LogP) is -1.04. The molecule has 0 aromatic carbocycles. The fraction of sp³-hybridized carbons (Fsp3) is 1.00. The van der Waals surface area contributed by atoms with Crippen LogP contribution >= 0.6 is 25.6 Å². The molecular formula is C9H24N3O5P3. The Balaban J connectivity index is 2.58. The quantitative estimate of drug-likeness (QED) is 0.388. The zero-order valence-electron chi connectivity index (χ0n) is 11.3. The van der Waals surface area contributed by atoms with Gasteiger partial charge < -0.3 is 24.5 Å². The van der Waals surface area contributed by atoms with Gasteiger partial charge in [0.15, 0.2) is 16.8 Å². The molecule has 1 aliphatic heterocycles. The normalized spacial score (nSPS) is 21.8. The van der Waals surface area contributed by atoms with Crippen LogP contribution in [0.4, 0.5) is 0 Å². The van der Waals surface area contributed by atoms with E-state index >= 15 is 0 Å². The standard InChI is InChI=1S/C9H24N3O5P3/c13-18-7-10-1-3-11(8-19(14)15)5-6-12(4-2-10)9-20(16)17/h13-18H,1-9H2. The van der Waals surface area contributed by atoms with Gasteiger partial charge >= 0.3 is 0 Å². The second-order valence-corrected chi connectivity index (χ2v) is 7.39. The van der Waals surface area contributed by atoms with Crippen molar-refractivity contribution in [3.05, 3.63) is 0 Å². The van der Waals surface area contributed by atoms with Crippen LogP contribution in [-0.4, -0.2) is 97.3 Å². The van der Waals surface area contributed by atoms with Crippen molar-refractivity contribution in [3.8, 4) is 0 Å². The van der Waals surface area contributed by atoms with E-state index in [4.69, 9.17) is 24.5 Å². The molecule has 1 rings (SSSR count). The Bertz CT molecular complexity index is 243. The highest BCUT2D eigenvalue weighted by molar-refractivity contribution is 7.45. The maximum atomic E-state index is 9.15. The molecule has 0 saturated carbocycles. The van der Waals surface area contributed by atoms with Gasteiger partial charge in [-0.05, 0) is 0 Å². The average molecular weight is 347 g/mol. The van der Waals surface area contributed by atoms with Gasteiger partial charge in [-0.2, -0.15) is 0 Å². The molecule has 1 unspecified atom stereocenters. The number of hydrogen-bond acceptors (Lipinski definition) is 8. The summed E-state index contributed by atoms with van der Waals surface area (Å²) in [5.74, 6) is 0. The smallest absolute Gasteiger partial charge is 0.180 e. The molecule has 0 aromatic rings. The highest BCUT2D eigenvalue weighted by Crippen LogP contribution is 2.26. The van der Waals surface area contributed by atoms with E-state index in [9.17, 15) is 0 Å². The summed E-state index contributed by atoms with van der Waals surface area (Å²) in [4.78, 5) is 51.7. The first-order chi connectivity index (χ1) is 9.51. The van der Waals surface area contributed by atoms with E-state index in [2.05, 4.69) is 4.90 Å². The first-order valence-corrected chi connectivity index (χ1v) is 10.4. The third kappa shape index (κ3) is 8.42. The molecule has 1 saturated heterocycles. The Morgan fingerprint density at radius 3 is 1.35 bits per heavy atom. The Kier molecular flexibility index (Phi) is 10.1. The van der Waals surface area contributed by atoms with E-state index in [1.807, 2.05) is 9.80 Å². The Hall–Kier alpha value is 0.970. The van der Waals surface area contributed by atoms with Crippen molar-refractivity contribution in [2.75, 3.05) is 58.1 Å². The summed E-state index contributed by atoms with van der Waals surface area (Å²) in [7, 11) is -4.06. The Labute approximate surface area is 123 Å². The number of rotatable bonds is 6. The third-order valence-corrected chi connectivity index (χ3v) is 5.04. The van der Waals surface area contributed by atoms with Gasteiger partial charge in [-0.3, -0.25) is 14.7 Å². The van der Waals surface area contributed by atoms with Gasteiger partial charge in [0.05, 0.1) is 12.6 Å². The minimum atomic E-state index is -1.96. The molecule has 5 N–H and O–H groups in total. The van der Waals surface area contributed by atoms with E-state index in [-0.39, 0.29) is 21.4 Å². The van der Waals surface area contributed by atoms with Crippen LogP contribution in [0.1, 0.15) is 0 Å². The summed E-state index contributed by atoms with van der Waals surface area (Å²) in [6.07, 6.45) is 1.08. The summed E-state index contributed by atoms with van der Waals surface area (Å²) < 4.78 is 0. The van der Waals surface area contributed by atoms with Gasteiger partial charge in [0.25, 0.3) is 0 Å². The van der Waals surface area contributed by atoms with Crippen LogP contribution in [0.25, 0.3) is 0 Å². The lowest BCUT2D eigenvalue weighted by molar-refractivity contribution is 0.247. The van der Waals surface area contributed by atoms with Crippen LogP contribution in [0.3, 0.4) is 0 Å². The molecule has 1 heterocycles. The van der Waals surface area contributed by atoms with Crippen LogP contribution in [0, 0.1) is 0 Å². The molecule has 120 valence electrons. The monoisotopic (exact) mass is 347 g/mol. The summed E-state index contributed by atoms with van der Waals surface area (Å²) in [6.45, 7) is 4.28. The first kappa shape index (κ1) is 19.0. The molecule has 0 radical (unpaired) electrons. The molecule has 1 aliphatic rings. The van der Waals surface area contributed by atoms with Gasteiger partial charge in [-0.25, -0.2) is 0 Å². The molecule has 0 amide bonds. The fourth-order valence-electron chi connectivity index (χ4n) is 2.08. The van der Waals surface area contributed by atoms with Gasteiger partial charge in [0.1, 0.15) is 0 Å². The molecule has 1 atom stereocenters. The third-order valence-electron chi connectivity index (χ3n) is 3.14. The second-order valence-electron chi connectivity index (χ2n) is 4.70. The number of nitrogens with zero attached hydrogens (tertiary/aromatic N) is 3. The van der Waals surface area contributed by atoms with Crippen molar-refractivity contribution >= 4 is 25.6 Å². The lowest BCUT2D eigenvalue weighted by Gasteiger charge is -2.25. The van der Waals surface area contributed by atoms with E-state index in [0.29, 0.717) is 32.5 Å². The highest BCUT2D eigenvalue weighted by atomic mass is 31.2. The maximum absolute atomic E-state index is 9.15. The molecule has 0 spiro atoms. The van der Waals surface area contributed by atoms with Crippen LogP contribution in [0.5, 0.6) is 0 Å². The van der Waals surface area contributed by atoms with Crippen molar-refractivity contribution in [1.29, 1.82) is 0 Å². The van der Waals surface area contributed by atoms with Gasteiger partial charge in [0, 0.05) is 54.4 Å². The van der Waals surface area contributed by atoms with E-state index in [1.54, 1.807) is 0 Å². The van der Waals surface area contributed by atoms with E-state index < -0.39 is 16.8 Å². The van der Waals surface area contributed by atoms with Crippen molar-refractivity contribution in [2.24, 2.45) is 0 Å². The van der Waals surface area contributed by atoms with Crippen LogP contribution < -0.4 is 0 Å². The average Bonchev–Trinajstić information content (AvgIpc) is 2.43. The van der Waals surface area contributed by atoms with Crippen molar-refractivity contribution < 1.29 is 24.5 Å². The molecule has 0 aliphatic carbocycles. The molecule has 0 aromatic heterocycles. The van der Waals surface area contributed by atoms with Crippen LogP contribution in [0.15, 0.2) is 0 Å². The predicted molar refractivity (Wildman–Crippen MR) is 82.6 cm³/mol. The highest BCUT2D eigenvalue weighted by Gasteiger charge is 2.19.